The molecule has 0 aliphatic heterocycles. The molecule has 1 fully saturated rings. The Labute approximate surface area is 120 Å². The number of amides is 1. The molecule has 0 aromatic rings. The fourth-order valence-corrected chi connectivity index (χ4v) is 3.38. The van der Waals surface area contributed by atoms with E-state index in [-0.39, 0.29) is 5.41 Å². The van der Waals surface area contributed by atoms with Gasteiger partial charge in [-0.2, -0.15) is 0 Å². The van der Waals surface area contributed by atoms with E-state index in [1.165, 1.54) is 0 Å². The van der Waals surface area contributed by atoms with E-state index in [9.17, 15) is 9.59 Å². The molecule has 1 saturated carbocycles. The van der Waals surface area contributed by atoms with Crippen LogP contribution in [0, 0.1) is 17.3 Å². The highest BCUT2D eigenvalue weighted by molar-refractivity contribution is 5.76. The average molecular weight is 279 g/mol. The van der Waals surface area contributed by atoms with Crippen molar-refractivity contribution in [3.05, 3.63) is 11.6 Å². The number of carbonyl (C=O) groups excluding carboxylic acids is 2. The van der Waals surface area contributed by atoms with Gasteiger partial charge in [-0.15, -0.1) is 0 Å². The van der Waals surface area contributed by atoms with Crippen molar-refractivity contribution in [3.63, 3.8) is 0 Å². The highest BCUT2D eigenvalue weighted by atomic mass is 16.6. The second-order valence-electron chi connectivity index (χ2n) is 7.51. The lowest BCUT2D eigenvalue weighted by atomic mass is 9.48. The Kier molecular flexibility index (Phi) is 3.69. The number of ether oxygens (including phenoxy) is 1. The lowest BCUT2D eigenvalue weighted by Crippen LogP contribution is -2.53. The van der Waals surface area contributed by atoms with E-state index < -0.39 is 17.7 Å². The summed E-state index contributed by atoms with van der Waals surface area (Å²) in [5.41, 5.74) is 0.735. The van der Waals surface area contributed by atoms with Crippen LogP contribution < -0.4 is 5.32 Å². The molecule has 112 valence electrons. The van der Waals surface area contributed by atoms with Crippen LogP contribution >= 0.6 is 0 Å². The maximum absolute atomic E-state index is 11.8. The Balaban J connectivity index is 2.05. The maximum Gasteiger partial charge on any atom is 0.408 e. The zero-order chi connectivity index (χ0) is 15.1. The normalized spacial score (nSPS) is 28.8. The van der Waals surface area contributed by atoms with E-state index in [0.29, 0.717) is 11.8 Å². The van der Waals surface area contributed by atoms with Crippen LogP contribution in [-0.4, -0.2) is 24.0 Å². The number of alkyl carbamates (subject to hydrolysis) is 1. The fourth-order valence-electron chi connectivity index (χ4n) is 3.38. The molecular formula is C16H25NO3. The smallest absolute Gasteiger partial charge is 0.408 e. The first-order valence-electron chi connectivity index (χ1n) is 7.30. The van der Waals surface area contributed by atoms with E-state index in [2.05, 4.69) is 25.2 Å². The quantitative estimate of drug-likeness (QED) is 0.638. The number of hydrogen-bond donors (Lipinski definition) is 1. The first kappa shape index (κ1) is 15.1. The lowest BCUT2D eigenvalue weighted by molar-refractivity contribution is -0.109. The molecule has 2 bridgehead atoms. The molecule has 0 aromatic heterocycles. The molecule has 0 heterocycles. The lowest BCUT2D eigenvalue weighted by Gasteiger charge is -2.57. The molecule has 1 amide bonds. The number of hydrogen-bond acceptors (Lipinski definition) is 3. The minimum Gasteiger partial charge on any atom is -0.444 e. The van der Waals surface area contributed by atoms with Crippen LogP contribution in [0.5, 0.6) is 0 Å². The molecule has 4 heteroatoms. The van der Waals surface area contributed by atoms with Gasteiger partial charge in [-0.3, -0.25) is 0 Å². The number of rotatable bonds is 3. The van der Waals surface area contributed by atoms with Crippen LogP contribution in [0.4, 0.5) is 4.79 Å². The van der Waals surface area contributed by atoms with Gasteiger partial charge in [-0.05, 0) is 56.4 Å². The molecule has 3 atom stereocenters. The monoisotopic (exact) mass is 279 g/mol. The van der Waals surface area contributed by atoms with E-state index in [4.69, 9.17) is 4.74 Å². The number of nitrogens with one attached hydrogen (secondary N) is 1. The van der Waals surface area contributed by atoms with Gasteiger partial charge in [0, 0.05) is 0 Å². The van der Waals surface area contributed by atoms with E-state index in [1.54, 1.807) is 0 Å². The summed E-state index contributed by atoms with van der Waals surface area (Å²) in [6.07, 6.45) is 4.53. The third kappa shape index (κ3) is 2.74. The van der Waals surface area contributed by atoms with Gasteiger partial charge in [-0.1, -0.05) is 19.9 Å². The van der Waals surface area contributed by atoms with Gasteiger partial charge >= 0.3 is 6.09 Å². The summed E-state index contributed by atoms with van der Waals surface area (Å²) in [5.74, 6) is 1.11. The summed E-state index contributed by atoms with van der Waals surface area (Å²) in [5, 5.41) is 2.69. The van der Waals surface area contributed by atoms with Crippen molar-refractivity contribution in [2.75, 3.05) is 0 Å². The molecule has 3 unspecified atom stereocenters. The summed E-state index contributed by atoms with van der Waals surface area (Å²) in [7, 11) is 0. The first-order chi connectivity index (χ1) is 9.15. The summed E-state index contributed by atoms with van der Waals surface area (Å²) in [6, 6.07) is -0.560. The Morgan fingerprint density at radius 1 is 1.50 bits per heavy atom. The zero-order valence-electron chi connectivity index (χ0n) is 13.0. The predicted molar refractivity (Wildman–Crippen MR) is 77.3 cm³/mol. The highest BCUT2D eigenvalue weighted by Gasteiger charge is 2.52. The Bertz CT molecular complexity index is 445. The van der Waals surface area contributed by atoms with Crippen molar-refractivity contribution in [3.8, 4) is 0 Å². The number of allylic oxidation sites excluding steroid dienone is 1. The second-order valence-corrected chi connectivity index (χ2v) is 7.51. The summed E-state index contributed by atoms with van der Waals surface area (Å²) < 4.78 is 5.22. The standard InChI is InChI=1S/C16H25NO3/c1-15(2,3)20-14(19)17-13(9-18)11-7-6-10-8-12(11)16(10,4)5/h7,9-10,12-13H,6,8H2,1-5H3,(H,17,19). The van der Waals surface area contributed by atoms with Gasteiger partial charge in [0.05, 0.1) is 0 Å². The molecule has 3 aliphatic carbocycles. The molecule has 20 heavy (non-hydrogen) atoms. The first-order valence-corrected chi connectivity index (χ1v) is 7.30. The van der Waals surface area contributed by atoms with E-state index >= 15 is 0 Å². The Hall–Kier alpha value is -1.32. The predicted octanol–water partition coefficient (Wildman–Crippen LogP) is 3.07. The minimum atomic E-state index is -0.560. The fraction of sp³-hybridized carbons (Fsp3) is 0.750. The van der Waals surface area contributed by atoms with Gasteiger partial charge in [0.2, 0.25) is 0 Å². The Morgan fingerprint density at radius 3 is 2.60 bits per heavy atom. The van der Waals surface area contributed by atoms with E-state index in [1.807, 2.05) is 20.8 Å². The number of carbonyl (C=O) groups is 2. The van der Waals surface area contributed by atoms with Crippen LogP contribution in [0.2, 0.25) is 0 Å². The van der Waals surface area contributed by atoms with Gasteiger partial charge in [0.1, 0.15) is 17.9 Å². The summed E-state index contributed by atoms with van der Waals surface area (Å²) >= 11 is 0. The molecular weight excluding hydrogens is 254 g/mol. The van der Waals surface area contributed by atoms with Crippen LogP contribution in [0.25, 0.3) is 0 Å². The van der Waals surface area contributed by atoms with Crippen LogP contribution in [0.3, 0.4) is 0 Å². The summed E-state index contributed by atoms with van der Waals surface area (Å²) in [4.78, 5) is 23.2. The minimum absolute atomic E-state index is 0.237. The van der Waals surface area contributed by atoms with Crippen molar-refractivity contribution >= 4 is 12.4 Å². The third-order valence-electron chi connectivity index (χ3n) is 4.68. The molecule has 0 saturated heterocycles. The van der Waals surface area contributed by atoms with E-state index in [0.717, 1.165) is 24.7 Å². The average Bonchev–Trinajstić information content (AvgIpc) is 2.33. The molecule has 4 nitrogen and oxygen atoms in total. The molecule has 0 aromatic carbocycles. The van der Waals surface area contributed by atoms with Gasteiger partial charge < -0.3 is 14.8 Å². The highest BCUT2D eigenvalue weighted by Crippen LogP contribution is 2.59. The summed E-state index contributed by atoms with van der Waals surface area (Å²) in [6.45, 7) is 9.91. The van der Waals surface area contributed by atoms with Crippen molar-refractivity contribution < 1.29 is 14.3 Å². The van der Waals surface area contributed by atoms with Crippen molar-refractivity contribution in [1.82, 2.24) is 5.32 Å². The SMILES string of the molecule is CC(C)(C)OC(=O)NC(C=O)C1=CCC2CC1C2(C)C. The molecule has 0 radical (unpaired) electrons. The van der Waals surface area contributed by atoms with Crippen LogP contribution in [-0.2, 0) is 9.53 Å². The third-order valence-corrected chi connectivity index (χ3v) is 4.68. The zero-order valence-corrected chi connectivity index (χ0v) is 13.0. The van der Waals surface area contributed by atoms with Crippen molar-refractivity contribution in [1.29, 1.82) is 0 Å². The maximum atomic E-state index is 11.8. The number of aldehydes is 1. The largest absolute Gasteiger partial charge is 0.444 e. The van der Waals surface area contributed by atoms with Crippen molar-refractivity contribution in [2.45, 2.75) is 59.1 Å². The molecule has 0 spiro atoms. The van der Waals surface area contributed by atoms with Crippen LogP contribution in [0.15, 0.2) is 11.6 Å². The number of fused-ring (bicyclic) bond motifs is 1. The second kappa shape index (κ2) is 4.90. The topological polar surface area (TPSA) is 55.4 Å². The Morgan fingerprint density at radius 2 is 2.15 bits per heavy atom. The van der Waals surface area contributed by atoms with Gasteiger partial charge in [0.15, 0.2) is 0 Å². The molecule has 3 aliphatic rings. The van der Waals surface area contributed by atoms with Crippen LogP contribution in [0.1, 0.15) is 47.5 Å². The van der Waals surface area contributed by atoms with Gasteiger partial charge in [-0.25, -0.2) is 4.79 Å². The molecule has 3 rings (SSSR count). The molecule has 1 N–H and O–H groups in total. The van der Waals surface area contributed by atoms with Gasteiger partial charge in [0.25, 0.3) is 0 Å². The van der Waals surface area contributed by atoms with Crippen molar-refractivity contribution in [2.24, 2.45) is 17.3 Å².